The van der Waals surface area contributed by atoms with Crippen molar-refractivity contribution in [3.63, 3.8) is 0 Å². The van der Waals surface area contributed by atoms with Crippen molar-refractivity contribution in [3.8, 4) is 5.69 Å². The first-order valence-corrected chi connectivity index (χ1v) is 8.27. The molecule has 1 aliphatic heterocycles. The van der Waals surface area contributed by atoms with Gasteiger partial charge < -0.3 is 10.6 Å². The Bertz CT molecular complexity index is 825. The summed E-state index contributed by atoms with van der Waals surface area (Å²) in [5, 5.41) is 18.9. The van der Waals surface area contributed by atoms with Gasteiger partial charge in [0.25, 0.3) is 5.91 Å². The topological polar surface area (TPSA) is 89.7 Å². The van der Waals surface area contributed by atoms with E-state index in [1.54, 1.807) is 23.3 Å². The van der Waals surface area contributed by atoms with Gasteiger partial charge in [-0.25, -0.2) is 0 Å². The number of piperidine rings is 1. The van der Waals surface area contributed by atoms with Crippen LogP contribution in [0.2, 0.25) is 0 Å². The molecule has 0 saturated carbocycles. The maximum atomic E-state index is 13.1. The van der Waals surface area contributed by atoms with Gasteiger partial charge in [-0.2, -0.15) is 20.1 Å². The number of nitrogens with one attached hydrogen (secondary N) is 2. The van der Waals surface area contributed by atoms with Crippen molar-refractivity contribution in [2.24, 2.45) is 0 Å². The van der Waals surface area contributed by atoms with E-state index in [-0.39, 0.29) is 18.3 Å². The molecule has 0 unspecified atom stereocenters. The van der Waals surface area contributed by atoms with Crippen LogP contribution in [0.1, 0.15) is 12.8 Å². The molecule has 0 bridgehead atoms. The third-order valence-electron chi connectivity index (χ3n) is 4.57. The van der Waals surface area contributed by atoms with Crippen LogP contribution in [0.3, 0.4) is 0 Å². The Kier molecular flexibility index (Phi) is 5.34. The minimum Gasteiger partial charge on any atom is -0.324 e. The highest BCUT2D eigenvalue weighted by atomic mass is 35.5. The molecular formula is C17H20ClN7O. The predicted molar refractivity (Wildman–Crippen MR) is 99.5 cm³/mol. The van der Waals surface area contributed by atoms with Gasteiger partial charge >= 0.3 is 0 Å². The lowest BCUT2D eigenvalue weighted by Crippen LogP contribution is -2.52. The van der Waals surface area contributed by atoms with Crippen molar-refractivity contribution in [3.05, 3.63) is 55.1 Å². The molecule has 1 aliphatic rings. The fraction of sp³-hybridized carbons (Fsp3) is 0.294. The Morgan fingerprint density at radius 2 is 1.73 bits per heavy atom. The highest BCUT2D eigenvalue weighted by molar-refractivity contribution is 5.96. The minimum atomic E-state index is -0.656. The molecule has 4 rings (SSSR count). The highest BCUT2D eigenvalue weighted by Crippen LogP contribution is 2.28. The molecule has 26 heavy (non-hydrogen) atoms. The van der Waals surface area contributed by atoms with E-state index in [1.807, 2.05) is 36.5 Å². The maximum absolute atomic E-state index is 13.1. The molecule has 2 aromatic heterocycles. The Balaban J connectivity index is 0.00000196. The smallest absolute Gasteiger partial charge is 0.252 e. The molecule has 1 fully saturated rings. The van der Waals surface area contributed by atoms with Gasteiger partial charge in [-0.1, -0.05) is 0 Å². The molecule has 1 amide bonds. The van der Waals surface area contributed by atoms with Gasteiger partial charge in [-0.3, -0.25) is 9.48 Å². The molecule has 2 N–H and O–H groups in total. The molecule has 0 radical (unpaired) electrons. The zero-order valence-electron chi connectivity index (χ0n) is 14.1. The van der Waals surface area contributed by atoms with Crippen LogP contribution in [-0.2, 0) is 10.3 Å². The molecule has 0 aliphatic carbocycles. The van der Waals surface area contributed by atoms with Crippen LogP contribution in [0.15, 0.2) is 55.1 Å². The van der Waals surface area contributed by atoms with Crippen LogP contribution in [0.25, 0.3) is 5.69 Å². The summed E-state index contributed by atoms with van der Waals surface area (Å²) >= 11 is 0. The van der Waals surface area contributed by atoms with Crippen molar-refractivity contribution in [2.75, 3.05) is 18.4 Å². The maximum Gasteiger partial charge on any atom is 0.252 e. The van der Waals surface area contributed by atoms with E-state index in [4.69, 9.17) is 0 Å². The van der Waals surface area contributed by atoms with Gasteiger partial charge in [0, 0.05) is 18.1 Å². The van der Waals surface area contributed by atoms with E-state index >= 15 is 0 Å². The molecule has 3 aromatic rings. The SMILES string of the molecule is Cl.O=C(Nc1ccc(-n2nccn2)cc1)C1(n2cccn2)CCNCC1. The standard InChI is InChI=1S/C17H19N7O.ClH/c25-16(17(6-9-18-10-7-17)23-13-1-8-19-23)22-14-2-4-15(5-3-14)24-20-11-12-21-24;/h1-5,8,11-13,18H,6-7,9-10H2,(H,22,25);1H. The number of benzene rings is 1. The summed E-state index contributed by atoms with van der Waals surface area (Å²) in [7, 11) is 0. The molecule has 9 heteroatoms. The second kappa shape index (κ2) is 7.67. The predicted octanol–water partition coefficient (Wildman–Crippen LogP) is 1.60. The second-order valence-electron chi connectivity index (χ2n) is 6.05. The number of rotatable bonds is 4. The first kappa shape index (κ1) is 18.1. The van der Waals surface area contributed by atoms with Crippen LogP contribution in [0.5, 0.6) is 0 Å². The molecule has 1 aromatic carbocycles. The lowest BCUT2D eigenvalue weighted by atomic mass is 9.87. The van der Waals surface area contributed by atoms with Gasteiger partial charge in [0.15, 0.2) is 0 Å². The van der Waals surface area contributed by atoms with Crippen molar-refractivity contribution < 1.29 is 4.79 Å². The Labute approximate surface area is 157 Å². The molecule has 8 nitrogen and oxygen atoms in total. The molecule has 1 saturated heterocycles. The van der Waals surface area contributed by atoms with Gasteiger partial charge in [-0.05, 0) is 56.3 Å². The number of aromatic nitrogens is 5. The molecule has 0 spiro atoms. The summed E-state index contributed by atoms with van der Waals surface area (Å²) in [4.78, 5) is 14.6. The zero-order valence-corrected chi connectivity index (χ0v) is 14.9. The second-order valence-corrected chi connectivity index (χ2v) is 6.05. The summed E-state index contributed by atoms with van der Waals surface area (Å²) in [6, 6.07) is 9.31. The van der Waals surface area contributed by atoms with Crippen molar-refractivity contribution in [1.82, 2.24) is 30.1 Å². The summed E-state index contributed by atoms with van der Waals surface area (Å²) in [5.41, 5.74) is 0.925. The highest BCUT2D eigenvalue weighted by Gasteiger charge is 2.42. The molecular weight excluding hydrogens is 354 g/mol. The molecule has 0 atom stereocenters. The van der Waals surface area contributed by atoms with E-state index < -0.39 is 5.54 Å². The van der Waals surface area contributed by atoms with E-state index in [9.17, 15) is 4.79 Å². The third kappa shape index (κ3) is 3.33. The van der Waals surface area contributed by atoms with E-state index in [0.29, 0.717) is 12.8 Å². The number of carbonyl (C=O) groups excluding carboxylic acids is 1. The van der Waals surface area contributed by atoms with Crippen LogP contribution in [0.4, 0.5) is 5.69 Å². The number of anilines is 1. The summed E-state index contributed by atoms with van der Waals surface area (Å²) < 4.78 is 1.78. The van der Waals surface area contributed by atoms with Gasteiger partial charge in [0.2, 0.25) is 0 Å². The number of halogens is 1. The van der Waals surface area contributed by atoms with E-state index in [0.717, 1.165) is 24.5 Å². The number of carbonyl (C=O) groups is 1. The van der Waals surface area contributed by atoms with Gasteiger partial charge in [0.05, 0.1) is 18.1 Å². The van der Waals surface area contributed by atoms with Crippen LogP contribution < -0.4 is 10.6 Å². The lowest BCUT2D eigenvalue weighted by Gasteiger charge is -2.36. The van der Waals surface area contributed by atoms with E-state index in [2.05, 4.69) is 25.9 Å². The Morgan fingerprint density at radius 3 is 2.35 bits per heavy atom. The largest absolute Gasteiger partial charge is 0.324 e. The summed E-state index contributed by atoms with van der Waals surface area (Å²) in [6.07, 6.45) is 8.23. The Morgan fingerprint density at radius 1 is 1.04 bits per heavy atom. The molecule has 3 heterocycles. The zero-order chi connectivity index (χ0) is 17.1. The van der Waals surface area contributed by atoms with E-state index in [1.165, 1.54) is 4.80 Å². The number of nitrogens with zero attached hydrogens (tertiary/aromatic N) is 5. The van der Waals surface area contributed by atoms with Crippen molar-refractivity contribution in [2.45, 2.75) is 18.4 Å². The number of hydrogen-bond donors (Lipinski definition) is 2. The normalized spacial score (nSPS) is 15.8. The number of amides is 1. The number of hydrogen-bond acceptors (Lipinski definition) is 5. The average Bonchev–Trinajstić information content (AvgIpc) is 3.37. The monoisotopic (exact) mass is 373 g/mol. The fourth-order valence-corrected chi connectivity index (χ4v) is 3.20. The lowest BCUT2D eigenvalue weighted by molar-refractivity contribution is -0.126. The molecule has 136 valence electrons. The quantitative estimate of drug-likeness (QED) is 0.725. The summed E-state index contributed by atoms with van der Waals surface area (Å²) in [6.45, 7) is 1.58. The van der Waals surface area contributed by atoms with Crippen LogP contribution in [0, 0.1) is 0 Å². The van der Waals surface area contributed by atoms with Crippen LogP contribution >= 0.6 is 12.4 Å². The van der Waals surface area contributed by atoms with Crippen molar-refractivity contribution >= 4 is 24.0 Å². The van der Waals surface area contributed by atoms with Crippen LogP contribution in [-0.4, -0.2) is 43.8 Å². The van der Waals surface area contributed by atoms with Gasteiger partial charge in [-0.15, -0.1) is 12.4 Å². The third-order valence-corrected chi connectivity index (χ3v) is 4.57. The fourth-order valence-electron chi connectivity index (χ4n) is 3.20. The Hall–Kier alpha value is -2.71. The summed E-state index contributed by atoms with van der Waals surface area (Å²) in [5.74, 6) is -0.0392. The van der Waals surface area contributed by atoms with Gasteiger partial charge in [0.1, 0.15) is 5.54 Å². The first-order valence-electron chi connectivity index (χ1n) is 8.27. The first-order chi connectivity index (χ1) is 12.3. The minimum absolute atomic E-state index is 0. The average molecular weight is 374 g/mol. The van der Waals surface area contributed by atoms with Crippen molar-refractivity contribution in [1.29, 1.82) is 0 Å².